The highest BCUT2D eigenvalue weighted by atomic mass is 32.3. The first-order valence-corrected chi connectivity index (χ1v) is 15.0. The fraction of sp³-hybridized carbons (Fsp3) is 0.222. The van der Waals surface area contributed by atoms with Crippen LogP contribution in [0.5, 0.6) is 11.5 Å². The lowest BCUT2D eigenvalue weighted by Crippen LogP contribution is -2.33. The Bertz CT molecular complexity index is 1810. The van der Waals surface area contributed by atoms with Crippen LogP contribution in [0.15, 0.2) is 72.8 Å². The molecule has 0 amide bonds. The SMILES string of the molecule is O=C(OC[C@@H]1CCCN1Cc1c(OS(=O)(=O)O)ccc2ccccc12)c1cccc2cc(OS(=O)(=O)O)ccc12. The van der Waals surface area contributed by atoms with Crippen molar-refractivity contribution in [3.8, 4) is 11.5 Å². The van der Waals surface area contributed by atoms with Gasteiger partial charge >= 0.3 is 26.8 Å². The molecule has 1 fully saturated rings. The summed E-state index contributed by atoms with van der Waals surface area (Å²) >= 11 is 0. The smallest absolute Gasteiger partial charge is 0.446 e. The molecule has 0 bridgehead atoms. The molecule has 1 saturated heterocycles. The Morgan fingerprint density at radius 3 is 2.38 bits per heavy atom. The first-order valence-electron chi connectivity index (χ1n) is 12.3. The van der Waals surface area contributed by atoms with Gasteiger partial charge in [0.25, 0.3) is 0 Å². The van der Waals surface area contributed by atoms with E-state index in [4.69, 9.17) is 13.5 Å². The first kappa shape index (κ1) is 27.8. The minimum absolute atomic E-state index is 0.0250. The van der Waals surface area contributed by atoms with Crippen molar-refractivity contribution in [2.75, 3.05) is 13.2 Å². The summed E-state index contributed by atoms with van der Waals surface area (Å²) in [4.78, 5) is 15.1. The lowest BCUT2D eigenvalue weighted by Gasteiger charge is -2.25. The van der Waals surface area contributed by atoms with E-state index in [2.05, 4.69) is 9.08 Å². The van der Waals surface area contributed by atoms with Crippen LogP contribution in [-0.2, 0) is 32.1 Å². The monoisotopic (exact) mass is 587 g/mol. The number of hydrogen-bond acceptors (Lipinski definition) is 9. The molecule has 40 heavy (non-hydrogen) atoms. The number of fused-ring (bicyclic) bond motifs is 2. The summed E-state index contributed by atoms with van der Waals surface area (Å²) < 4.78 is 78.3. The van der Waals surface area contributed by atoms with Crippen LogP contribution in [0.3, 0.4) is 0 Å². The number of ether oxygens (including phenoxy) is 1. The third kappa shape index (κ3) is 6.51. The summed E-state index contributed by atoms with van der Waals surface area (Å²) in [5.74, 6) is -0.647. The van der Waals surface area contributed by atoms with Crippen molar-refractivity contribution in [2.45, 2.75) is 25.4 Å². The second-order valence-corrected chi connectivity index (χ2v) is 11.4. The van der Waals surface area contributed by atoms with E-state index in [1.165, 1.54) is 24.3 Å². The molecule has 2 N–H and O–H groups in total. The number of carbonyl (C=O) groups is 1. The van der Waals surface area contributed by atoms with Crippen molar-refractivity contribution in [2.24, 2.45) is 0 Å². The molecule has 1 aliphatic rings. The quantitative estimate of drug-likeness (QED) is 0.214. The van der Waals surface area contributed by atoms with E-state index in [0.717, 1.165) is 23.6 Å². The van der Waals surface area contributed by atoms with Gasteiger partial charge in [0.2, 0.25) is 0 Å². The first-order chi connectivity index (χ1) is 19.0. The van der Waals surface area contributed by atoms with Gasteiger partial charge < -0.3 is 13.1 Å². The van der Waals surface area contributed by atoms with Crippen molar-refractivity contribution < 1.29 is 43.8 Å². The fourth-order valence-corrected chi connectivity index (χ4v) is 5.76. The van der Waals surface area contributed by atoms with Gasteiger partial charge in [-0.15, -0.1) is 0 Å². The average Bonchev–Trinajstić information content (AvgIpc) is 3.33. The number of hydrogen-bond donors (Lipinski definition) is 2. The molecule has 0 radical (unpaired) electrons. The van der Waals surface area contributed by atoms with Gasteiger partial charge in [-0.3, -0.25) is 14.0 Å². The summed E-state index contributed by atoms with van der Waals surface area (Å²) in [6.07, 6.45) is 1.59. The molecule has 1 atom stereocenters. The van der Waals surface area contributed by atoms with Crippen LogP contribution in [0.25, 0.3) is 21.5 Å². The van der Waals surface area contributed by atoms with Crippen LogP contribution in [0.1, 0.15) is 28.8 Å². The molecule has 0 spiro atoms. The van der Waals surface area contributed by atoms with Gasteiger partial charge in [-0.25, -0.2) is 4.79 Å². The molecule has 5 rings (SSSR count). The van der Waals surface area contributed by atoms with Gasteiger partial charge in [0.15, 0.2) is 0 Å². The lowest BCUT2D eigenvalue weighted by molar-refractivity contribution is 0.0392. The number of rotatable bonds is 9. The Morgan fingerprint density at radius 1 is 0.850 bits per heavy atom. The molecule has 0 unspecified atom stereocenters. The molecule has 11 nitrogen and oxygen atoms in total. The van der Waals surface area contributed by atoms with Crippen LogP contribution in [0.2, 0.25) is 0 Å². The van der Waals surface area contributed by atoms with Crippen molar-refractivity contribution in [1.82, 2.24) is 4.90 Å². The molecule has 0 aliphatic carbocycles. The van der Waals surface area contributed by atoms with Crippen LogP contribution in [0.4, 0.5) is 0 Å². The minimum atomic E-state index is -4.74. The van der Waals surface area contributed by atoms with E-state index in [1.54, 1.807) is 24.3 Å². The zero-order valence-electron chi connectivity index (χ0n) is 21.0. The number of carbonyl (C=O) groups excluding carboxylic acids is 1. The van der Waals surface area contributed by atoms with E-state index in [1.807, 2.05) is 24.3 Å². The van der Waals surface area contributed by atoms with Crippen LogP contribution >= 0.6 is 0 Å². The molecule has 0 saturated carbocycles. The Kier molecular flexibility index (Phi) is 7.66. The topological polar surface area (TPSA) is 157 Å². The van der Waals surface area contributed by atoms with Gasteiger partial charge in [0.05, 0.1) is 5.56 Å². The second kappa shape index (κ2) is 11.0. The predicted octanol–water partition coefficient (Wildman–Crippen LogP) is 4.18. The largest absolute Gasteiger partial charge is 0.460 e. The maximum Gasteiger partial charge on any atom is 0.446 e. The standard InChI is InChI=1S/C27H25NO10S2/c29-27(24-9-3-6-19-15-21(11-12-23(19)24)37-39(30,31)32)36-17-20-7-4-14-28(20)16-25-22-8-2-1-5-18(22)10-13-26(25)38-40(33,34)35/h1-3,5-6,8-13,15,20H,4,7,14,16-17H2,(H,30,31,32)(H,33,34,35)/t20-/m0/s1. The van der Waals surface area contributed by atoms with Gasteiger partial charge in [0, 0.05) is 18.2 Å². The highest BCUT2D eigenvalue weighted by Crippen LogP contribution is 2.33. The summed E-state index contributed by atoms with van der Waals surface area (Å²) in [5, 5.41) is 2.68. The Morgan fingerprint density at radius 2 is 1.60 bits per heavy atom. The van der Waals surface area contributed by atoms with Gasteiger partial charge in [0.1, 0.15) is 18.1 Å². The van der Waals surface area contributed by atoms with E-state index >= 15 is 0 Å². The maximum atomic E-state index is 13.1. The molecule has 4 aromatic rings. The molecule has 0 aromatic heterocycles. The van der Waals surface area contributed by atoms with Gasteiger partial charge in [-0.05, 0) is 71.3 Å². The Hall–Kier alpha value is -3.75. The van der Waals surface area contributed by atoms with E-state index in [9.17, 15) is 26.2 Å². The number of likely N-dealkylation sites (tertiary alicyclic amines) is 1. The van der Waals surface area contributed by atoms with E-state index in [0.29, 0.717) is 29.4 Å². The normalized spacial score (nSPS) is 16.3. The minimum Gasteiger partial charge on any atom is -0.460 e. The third-order valence-electron chi connectivity index (χ3n) is 6.73. The van der Waals surface area contributed by atoms with Crippen molar-refractivity contribution in [1.29, 1.82) is 0 Å². The highest BCUT2D eigenvalue weighted by molar-refractivity contribution is 7.81. The number of nitrogens with zero attached hydrogens (tertiary/aromatic N) is 1. The molecular weight excluding hydrogens is 562 g/mol. The second-order valence-electron chi connectivity index (χ2n) is 9.34. The van der Waals surface area contributed by atoms with E-state index < -0.39 is 26.8 Å². The summed E-state index contributed by atoms with van der Waals surface area (Å²) in [6.45, 7) is 1.07. The zero-order chi connectivity index (χ0) is 28.5. The highest BCUT2D eigenvalue weighted by Gasteiger charge is 2.28. The van der Waals surface area contributed by atoms with Crippen molar-refractivity contribution in [3.63, 3.8) is 0 Å². The molecule has 13 heteroatoms. The van der Waals surface area contributed by atoms with Crippen LogP contribution in [-0.4, -0.2) is 56.0 Å². The summed E-state index contributed by atoms with van der Waals surface area (Å²) in [7, 11) is -9.42. The molecular formula is C27H25NO10S2. The Labute approximate surface area is 230 Å². The molecule has 4 aromatic carbocycles. The maximum absolute atomic E-state index is 13.1. The number of esters is 1. The molecule has 210 valence electrons. The van der Waals surface area contributed by atoms with Crippen molar-refractivity contribution in [3.05, 3.63) is 83.9 Å². The molecule has 1 heterocycles. The summed E-state index contributed by atoms with van der Waals surface area (Å²) in [6, 6.07) is 19.6. The third-order valence-corrected chi connectivity index (χ3v) is 7.53. The zero-order valence-corrected chi connectivity index (χ0v) is 22.6. The lowest BCUT2D eigenvalue weighted by atomic mass is 10.0. The predicted molar refractivity (Wildman–Crippen MR) is 146 cm³/mol. The molecule has 1 aliphatic heterocycles. The van der Waals surface area contributed by atoms with Crippen LogP contribution < -0.4 is 8.37 Å². The van der Waals surface area contributed by atoms with Gasteiger partial charge in [-0.2, -0.15) is 16.8 Å². The fourth-order valence-electron chi connectivity index (χ4n) is 5.03. The van der Waals surface area contributed by atoms with Crippen LogP contribution in [0, 0.1) is 0 Å². The number of benzene rings is 4. The van der Waals surface area contributed by atoms with E-state index in [-0.39, 0.29) is 29.7 Å². The van der Waals surface area contributed by atoms with Crippen molar-refractivity contribution >= 4 is 48.3 Å². The average molecular weight is 588 g/mol. The summed E-state index contributed by atoms with van der Waals surface area (Å²) in [5.41, 5.74) is 0.865. The van der Waals surface area contributed by atoms with Gasteiger partial charge in [-0.1, -0.05) is 42.5 Å². The Balaban J connectivity index is 1.34.